The summed E-state index contributed by atoms with van der Waals surface area (Å²) in [6.45, 7) is 3.94. The lowest BCUT2D eigenvalue weighted by Gasteiger charge is -2.29. The molecule has 104 valence electrons. The topological polar surface area (TPSA) is 50.4 Å². The third-order valence-corrected chi connectivity index (χ3v) is 4.57. The van der Waals surface area contributed by atoms with Crippen molar-refractivity contribution in [3.8, 4) is 0 Å². The molecule has 0 aromatic heterocycles. The van der Waals surface area contributed by atoms with E-state index in [4.69, 9.17) is 4.74 Å². The van der Waals surface area contributed by atoms with Gasteiger partial charge in [-0.2, -0.15) is 0 Å². The molecule has 0 spiro atoms. The van der Waals surface area contributed by atoms with Crippen LogP contribution in [0.5, 0.6) is 0 Å². The maximum Gasteiger partial charge on any atom is 0.237 e. The lowest BCUT2D eigenvalue weighted by atomic mass is 9.80. The molecule has 1 heterocycles. The standard InChI is InChI=1S/C14H26N2O2/c1-10-5-3-4-6-11(10)8-16-14(17)13-7-12(18-2)9-15-13/h10-13,15H,3-9H2,1-2H3,(H,16,17). The Balaban J connectivity index is 1.71. The zero-order valence-corrected chi connectivity index (χ0v) is 11.6. The second-order valence-corrected chi connectivity index (χ2v) is 5.82. The number of methoxy groups -OCH3 is 1. The molecule has 18 heavy (non-hydrogen) atoms. The van der Waals surface area contributed by atoms with Crippen molar-refractivity contribution in [2.45, 2.75) is 51.2 Å². The van der Waals surface area contributed by atoms with Crippen LogP contribution in [-0.2, 0) is 9.53 Å². The van der Waals surface area contributed by atoms with Crippen molar-refractivity contribution >= 4 is 5.91 Å². The Labute approximate surface area is 110 Å². The molecule has 2 aliphatic rings. The molecule has 1 saturated carbocycles. The molecule has 1 saturated heterocycles. The summed E-state index contributed by atoms with van der Waals surface area (Å²) in [4.78, 5) is 12.0. The maximum absolute atomic E-state index is 12.0. The van der Waals surface area contributed by atoms with Crippen LogP contribution in [0.1, 0.15) is 39.0 Å². The van der Waals surface area contributed by atoms with Crippen LogP contribution in [0.3, 0.4) is 0 Å². The summed E-state index contributed by atoms with van der Waals surface area (Å²) in [5, 5.41) is 6.33. The van der Waals surface area contributed by atoms with E-state index >= 15 is 0 Å². The Morgan fingerprint density at radius 1 is 1.39 bits per heavy atom. The van der Waals surface area contributed by atoms with Crippen LogP contribution >= 0.6 is 0 Å². The highest BCUT2D eigenvalue weighted by Crippen LogP contribution is 2.28. The Bertz CT molecular complexity index is 283. The zero-order chi connectivity index (χ0) is 13.0. The van der Waals surface area contributed by atoms with E-state index in [0.717, 1.165) is 25.4 Å². The summed E-state index contributed by atoms with van der Waals surface area (Å²) in [5.41, 5.74) is 0. The summed E-state index contributed by atoms with van der Waals surface area (Å²) in [6.07, 6.45) is 6.23. The van der Waals surface area contributed by atoms with Gasteiger partial charge in [0.2, 0.25) is 5.91 Å². The first-order valence-corrected chi connectivity index (χ1v) is 7.24. The molecule has 1 amide bonds. The lowest BCUT2D eigenvalue weighted by Crippen LogP contribution is -2.43. The Morgan fingerprint density at radius 3 is 2.83 bits per heavy atom. The van der Waals surface area contributed by atoms with E-state index in [0.29, 0.717) is 5.92 Å². The molecule has 1 aliphatic carbocycles. The quantitative estimate of drug-likeness (QED) is 0.795. The molecule has 0 bridgehead atoms. The van der Waals surface area contributed by atoms with Crippen LogP contribution in [0.25, 0.3) is 0 Å². The second kappa shape index (κ2) is 6.53. The van der Waals surface area contributed by atoms with Crippen LogP contribution in [0.4, 0.5) is 0 Å². The van der Waals surface area contributed by atoms with Crippen LogP contribution in [0, 0.1) is 11.8 Å². The SMILES string of the molecule is COC1CNC(C(=O)NCC2CCCCC2C)C1. The predicted molar refractivity (Wildman–Crippen MR) is 71.3 cm³/mol. The first-order valence-electron chi connectivity index (χ1n) is 7.24. The largest absolute Gasteiger partial charge is 0.380 e. The van der Waals surface area contributed by atoms with E-state index in [2.05, 4.69) is 17.6 Å². The molecule has 4 unspecified atom stereocenters. The zero-order valence-electron chi connectivity index (χ0n) is 11.6. The van der Waals surface area contributed by atoms with Gasteiger partial charge in [0.05, 0.1) is 12.1 Å². The average Bonchev–Trinajstić information content (AvgIpc) is 2.86. The molecule has 0 aromatic rings. The number of amides is 1. The monoisotopic (exact) mass is 254 g/mol. The minimum Gasteiger partial charge on any atom is -0.380 e. The van der Waals surface area contributed by atoms with Gasteiger partial charge in [-0.3, -0.25) is 4.79 Å². The minimum absolute atomic E-state index is 0.0613. The van der Waals surface area contributed by atoms with Gasteiger partial charge in [-0.25, -0.2) is 0 Å². The molecule has 4 atom stereocenters. The summed E-state index contributed by atoms with van der Waals surface area (Å²) in [7, 11) is 1.70. The third-order valence-electron chi connectivity index (χ3n) is 4.57. The number of carbonyl (C=O) groups is 1. The number of rotatable bonds is 4. The fourth-order valence-corrected chi connectivity index (χ4v) is 3.13. The normalized spacial score (nSPS) is 36.6. The van der Waals surface area contributed by atoms with E-state index in [1.807, 2.05) is 0 Å². The highest BCUT2D eigenvalue weighted by Gasteiger charge is 2.30. The first-order chi connectivity index (χ1) is 8.70. The van der Waals surface area contributed by atoms with Gasteiger partial charge in [0, 0.05) is 20.2 Å². The van der Waals surface area contributed by atoms with Gasteiger partial charge in [0.1, 0.15) is 0 Å². The summed E-state index contributed by atoms with van der Waals surface area (Å²) in [6, 6.07) is -0.0613. The third kappa shape index (κ3) is 3.45. The van der Waals surface area contributed by atoms with Gasteiger partial charge in [-0.15, -0.1) is 0 Å². The van der Waals surface area contributed by atoms with Crippen LogP contribution in [0.2, 0.25) is 0 Å². The van der Waals surface area contributed by atoms with Crippen molar-refractivity contribution in [1.29, 1.82) is 0 Å². The van der Waals surface area contributed by atoms with Crippen LogP contribution < -0.4 is 10.6 Å². The van der Waals surface area contributed by atoms with Crippen molar-refractivity contribution in [1.82, 2.24) is 10.6 Å². The highest BCUT2D eigenvalue weighted by molar-refractivity contribution is 5.82. The molecule has 4 nitrogen and oxygen atoms in total. The molecule has 2 N–H and O–H groups in total. The van der Waals surface area contributed by atoms with Gasteiger partial charge in [-0.1, -0.05) is 26.2 Å². The maximum atomic E-state index is 12.0. The molecule has 0 radical (unpaired) electrons. The molecule has 4 heteroatoms. The predicted octanol–water partition coefficient (Wildman–Crippen LogP) is 1.31. The Hall–Kier alpha value is -0.610. The van der Waals surface area contributed by atoms with Crippen molar-refractivity contribution in [3.63, 3.8) is 0 Å². The van der Waals surface area contributed by atoms with Gasteiger partial charge < -0.3 is 15.4 Å². The molecular weight excluding hydrogens is 228 g/mol. The van der Waals surface area contributed by atoms with Gasteiger partial charge in [0.15, 0.2) is 0 Å². The smallest absolute Gasteiger partial charge is 0.237 e. The Morgan fingerprint density at radius 2 is 2.17 bits per heavy atom. The highest BCUT2D eigenvalue weighted by atomic mass is 16.5. The van der Waals surface area contributed by atoms with Crippen molar-refractivity contribution in [2.24, 2.45) is 11.8 Å². The van der Waals surface area contributed by atoms with E-state index in [-0.39, 0.29) is 18.1 Å². The van der Waals surface area contributed by atoms with Gasteiger partial charge in [0.25, 0.3) is 0 Å². The van der Waals surface area contributed by atoms with Gasteiger partial charge in [-0.05, 0) is 24.7 Å². The average molecular weight is 254 g/mol. The van der Waals surface area contributed by atoms with Crippen LogP contribution in [0.15, 0.2) is 0 Å². The van der Waals surface area contributed by atoms with Gasteiger partial charge >= 0.3 is 0 Å². The van der Waals surface area contributed by atoms with E-state index in [1.54, 1.807) is 7.11 Å². The number of hydrogen-bond donors (Lipinski definition) is 2. The summed E-state index contributed by atoms with van der Waals surface area (Å²) < 4.78 is 5.26. The number of hydrogen-bond acceptors (Lipinski definition) is 3. The molecule has 2 fully saturated rings. The molecule has 2 rings (SSSR count). The van der Waals surface area contributed by atoms with Crippen molar-refractivity contribution in [3.05, 3.63) is 0 Å². The molecule has 0 aromatic carbocycles. The number of ether oxygens (including phenoxy) is 1. The number of nitrogens with one attached hydrogen (secondary N) is 2. The summed E-state index contributed by atoms with van der Waals surface area (Å²) in [5.74, 6) is 1.57. The van der Waals surface area contributed by atoms with E-state index in [1.165, 1.54) is 25.7 Å². The Kier molecular flexibility index (Phi) is 5.01. The number of carbonyl (C=O) groups excluding carboxylic acids is 1. The minimum atomic E-state index is -0.0613. The van der Waals surface area contributed by atoms with E-state index < -0.39 is 0 Å². The summed E-state index contributed by atoms with van der Waals surface area (Å²) >= 11 is 0. The van der Waals surface area contributed by atoms with Crippen molar-refractivity contribution in [2.75, 3.05) is 20.2 Å². The lowest BCUT2D eigenvalue weighted by molar-refractivity contribution is -0.123. The van der Waals surface area contributed by atoms with Crippen molar-refractivity contribution < 1.29 is 9.53 Å². The fourth-order valence-electron chi connectivity index (χ4n) is 3.13. The molecular formula is C14H26N2O2. The second-order valence-electron chi connectivity index (χ2n) is 5.82. The van der Waals surface area contributed by atoms with E-state index in [9.17, 15) is 4.79 Å². The first kappa shape index (κ1) is 13.8. The fraction of sp³-hybridized carbons (Fsp3) is 0.929. The van der Waals surface area contributed by atoms with Crippen LogP contribution in [-0.4, -0.2) is 38.3 Å². The molecule has 1 aliphatic heterocycles.